The molecule has 8 heteroatoms. The second-order valence-corrected chi connectivity index (χ2v) is 10.4. The van der Waals surface area contributed by atoms with Crippen molar-refractivity contribution < 1.29 is 28.5 Å². The number of ether oxygens (including phenoxy) is 4. The van der Waals surface area contributed by atoms with Gasteiger partial charge in [-0.2, -0.15) is 0 Å². The van der Waals surface area contributed by atoms with Crippen molar-refractivity contribution in [1.29, 1.82) is 0 Å². The van der Waals surface area contributed by atoms with Gasteiger partial charge in [-0.15, -0.1) is 0 Å². The fraction of sp³-hybridized carbons (Fsp3) is 0.448. The number of carbonyl (C=O) groups is 2. The van der Waals surface area contributed by atoms with Crippen molar-refractivity contribution in [2.24, 2.45) is 0 Å². The lowest BCUT2D eigenvalue weighted by Gasteiger charge is -2.20. The minimum Gasteiger partial charge on any atom is -0.495 e. The molecule has 0 aliphatic rings. The van der Waals surface area contributed by atoms with Crippen LogP contribution in [0.5, 0.6) is 11.5 Å². The predicted octanol–water partition coefficient (Wildman–Crippen LogP) is 8.37. The molecule has 0 radical (unpaired) electrons. The molecule has 0 bridgehead atoms. The van der Waals surface area contributed by atoms with Gasteiger partial charge in [0.15, 0.2) is 0 Å². The second kappa shape index (κ2) is 15.8. The number of halogens is 2. The highest BCUT2D eigenvalue weighted by atomic mass is 79.9. The van der Waals surface area contributed by atoms with E-state index in [0.29, 0.717) is 42.7 Å². The summed E-state index contributed by atoms with van der Waals surface area (Å²) in [5.74, 6) is -0.269. The van der Waals surface area contributed by atoms with Crippen LogP contribution in [0.15, 0.2) is 39.3 Å². The van der Waals surface area contributed by atoms with E-state index in [4.69, 9.17) is 18.9 Å². The number of benzene rings is 2. The highest BCUT2D eigenvalue weighted by Gasteiger charge is 2.25. The zero-order chi connectivity index (χ0) is 27.4. The monoisotopic (exact) mass is 638 g/mol. The third kappa shape index (κ3) is 8.34. The zero-order valence-corrected chi connectivity index (χ0v) is 25.4. The van der Waals surface area contributed by atoms with Crippen molar-refractivity contribution >= 4 is 49.4 Å². The van der Waals surface area contributed by atoms with Gasteiger partial charge in [-0.3, -0.25) is 0 Å². The summed E-state index contributed by atoms with van der Waals surface area (Å²) < 4.78 is 22.9. The fourth-order valence-corrected chi connectivity index (χ4v) is 5.18. The first-order valence-electron chi connectivity index (χ1n) is 12.4. The molecule has 6 nitrogen and oxygen atoms in total. The predicted molar refractivity (Wildman–Crippen MR) is 154 cm³/mol. The number of unbranched alkanes of at least 4 members (excludes halogenated alkanes) is 7. The van der Waals surface area contributed by atoms with Crippen molar-refractivity contribution in [2.45, 2.75) is 58.3 Å². The molecule has 2 aromatic carbocycles. The fourth-order valence-electron chi connectivity index (χ4n) is 4.26. The summed E-state index contributed by atoms with van der Waals surface area (Å²) in [5.41, 5.74) is 2.70. The molecule has 0 aromatic heterocycles. The third-order valence-corrected chi connectivity index (χ3v) is 6.98. The first kappa shape index (κ1) is 30.9. The summed E-state index contributed by atoms with van der Waals surface area (Å²) >= 11 is 7.06. The smallest absolute Gasteiger partial charge is 0.341 e. The van der Waals surface area contributed by atoms with Crippen molar-refractivity contribution in [1.82, 2.24) is 0 Å². The largest absolute Gasteiger partial charge is 0.495 e. The molecule has 0 aliphatic carbocycles. The zero-order valence-electron chi connectivity index (χ0n) is 22.2. The summed E-state index contributed by atoms with van der Waals surface area (Å²) in [6, 6.07) is 7.11. The summed E-state index contributed by atoms with van der Waals surface area (Å²) in [5, 5.41) is 0. The van der Waals surface area contributed by atoms with Crippen LogP contribution >= 0.6 is 31.9 Å². The number of allylic oxidation sites excluding steroid dienone is 1. The Bertz CT molecular complexity index is 1030. The lowest BCUT2D eigenvalue weighted by Crippen LogP contribution is -2.09. The van der Waals surface area contributed by atoms with Crippen LogP contribution in [0.1, 0.15) is 90.1 Å². The molecule has 0 saturated carbocycles. The van der Waals surface area contributed by atoms with Gasteiger partial charge in [-0.1, -0.05) is 83.4 Å². The van der Waals surface area contributed by atoms with Gasteiger partial charge in [-0.05, 0) is 42.7 Å². The Kier molecular flexibility index (Phi) is 13.2. The number of methoxy groups -OCH3 is 4. The average molecular weight is 640 g/mol. The van der Waals surface area contributed by atoms with E-state index in [1.54, 1.807) is 12.1 Å². The SMILES string of the molecule is CCCCCCCCCC=C(c1cc(Br)cc(C(=O)OC)c1OC)c1cc(Br)cc(C(=O)OC)c1OC. The quantitative estimate of drug-likeness (QED) is 0.153. The molecule has 202 valence electrons. The summed E-state index contributed by atoms with van der Waals surface area (Å²) in [4.78, 5) is 25.2. The molecule has 37 heavy (non-hydrogen) atoms. The average Bonchev–Trinajstić information content (AvgIpc) is 2.90. The maximum Gasteiger partial charge on any atom is 0.341 e. The molecule has 2 rings (SSSR count). The Hall–Kier alpha value is -2.32. The topological polar surface area (TPSA) is 71.1 Å². The summed E-state index contributed by atoms with van der Waals surface area (Å²) in [6.07, 6.45) is 11.3. The van der Waals surface area contributed by atoms with Crippen LogP contribution in [0.4, 0.5) is 0 Å². The number of rotatable bonds is 14. The van der Waals surface area contributed by atoms with Gasteiger partial charge in [0.25, 0.3) is 0 Å². The van der Waals surface area contributed by atoms with E-state index >= 15 is 0 Å². The maximum absolute atomic E-state index is 12.6. The van der Waals surface area contributed by atoms with Crippen LogP contribution in [0.25, 0.3) is 5.57 Å². The van der Waals surface area contributed by atoms with E-state index in [1.807, 2.05) is 12.1 Å². The van der Waals surface area contributed by atoms with Gasteiger partial charge in [0.05, 0.1) is 28.4 Å². The van der Waals surface area contributed by atoms with Crippen LogP contribution in [0.3, 0.4) is 0 Å². The van der Waals surface area contributed by atoms with Gasteiger partial charge < -0.3 is 18.9 Å². The Morgan fingerprint density at radius 2 is 1.08 bits per heavy atom. The number of esters is 2. The van der Waals surface area contributed by atoms with E-state index in [-0.39, 0.29) is 0 Å². The summed E-state index contributed by atoms with van der Waals surface area (Å²) in [7, 11) is 5.70. The Morgan fingerprint density at radius 3 is 1.49 bits per heavy atom. The molecule has 0 atom stereocenters. The van der Waals surface area contributed by atoms with Crippen molar-refractivity contribution in [2.75, 3.05) is 28.4 Å². The highest BCUT2D eigenvalue weighted by Crippen LogP contribution is 2.42. The van der Waals surface area contributed by atoms with E-state index < -0.39 is 11.9 Å². The highest BCUT2D eigenvalue weighted by molar-refractivity contribution is 9.10. The molecule has 0 unspecified atom stereocenters. The van der Waals surface area contributed by atoms with Gasteiger partial charge >= 0.3 is 11.9 Å². The van der Waals surface area contributed by atoms with Crippen LogP contribution in [-0.4, -0.2) is 40.4 Å². The molecule has 0 fully saturated rings. The van der Waals surface area contributed by atoms with Crippen LogP contribution in [0.2, 0.25) is 0 Å². The van der Waals surface area contributed by atoms with Crippen molar-refractivity contribution in [3.63, 3.8) is 0 Å². The van der Waals surface area contributed by atoms with Gasteiger partial charge in [0.2, 0.25) is 0 Å². The number of carbonyl (C=O) groups excluding carboxylic acids is 2. The van der Waals surface area contributed by atoms with Crippen molar-refractivity contribution in [3.05, 3.63) is 61.5 Å². The molecule has 0 aliphatic heterocycles. The van der Waals surface area contributed by atoms with E-state index in [9.17, 15) is 9.59 Å². The lowest BCUT2D eigenvalue weighted by atomic mass is 9.91. The molecule has 0 heterocycles. The first-order valence-corrected chi connectivity index (χ1v) is 14.0. The molecule has 0 amide bonds. The minimum atomic E-state index is -0.512. The molecule has 0 saturated heterocycles. The molecular weight excluding hydrogens is 604 g/mol. The van der Waals surface area contributed by atoms with E-state index in [0.717, 1.165) is 24.8 Å². The normalized spacial score (nSPS) is 10.6. The number of hydrogen-bond donors (Lipinski definition) is 0. The van der Waals surface area contributed by atoms with Crippen LogP contribution in [-0.2, 0) is 9.47 Å². The molecule has 0 N–H and O–H groups in total. The van der Waals surface area contributed by atoms with Gasteiger partial charge in [-0.25, -0.2) is 9.59 Å². The van der Waals surface area contributed by atoms with E-state index in [2.05, 4.69) is 44.9 Å². The molecule has 0 spiro atoms. The lowest BCUT2D eigenvalue weighted by molar-refractivity contribution is 0.0588. The van der Waals surface area contributed by atoms with Crippen LogP contribution in [0, 0.1) is 0 Å². The Labute approximate surface area is 237 Å². The molecular formula is C29H36Br2O6. The van der Waals surface area contributed by atoms with E-state index in [1.165, 1.54) is 60.5 Å². The first-order chi connectivity index (χ1) is 17.8. The van der Waals surface area contributed by atoms with Gasteiger partial charge in [0.1, 0.15) is 22.6 Å². The number of hydrogen-bond acceptors (Lipinski definition) is 6. The van der Waals surface area contributed by atoms with Crippen LogP contribution < -0.4 is 9.47 Å². The maximum atomic E-state index is 12.6. The Balaban J connectivity index is 2.66. The second-order valence-electron chi connectivity index (χ2n) is 8.58. The van der Waals surface area contributed by atoms with Gasteiger partial charge in [0, 0.05) is 20.1 Å². The minimum absolute atomic E-state index is 0.290. The standard InChI is InChI=1S/C29H36Br2O6/c1-6-7-8-9-10-11-12-13-14-21(22-15-19(30)17-24(26(22)34-2)28(32)36-4)23-16-20(31)18-25(27(23)35-3)29(33)37-5/h14-18H,6-13H2,1-5H3. The third-order valence-electron chi connectivity index (χ3n) is 6.06. The molecule has 2 aromatic rings. The van der Waals surface area contributed by atoms with Crippen molar-refractivity contribution in [3.8, 4) is 11.5 Å². The Morgan fingerprint density at radius 1 is 0.676 bits per heavy atom. The summed E-state index contributed by atoms with van der Waals surface area (Å²) in [6.45, 7) is 2.22.